The number of carbonyl (C=O) groups excluding carboxylic acids is 1. The van der Waals surface area contributed by atoms with Crippen LogP contribution in [0.15, 0.2) is 0 Å². The first-order valence-electron chi connectivity index (χ1n) is 7.24. The van der Waals surface area contributed by atoms with Crippen LogP contribution in [0.1, 0.15) is 35.9 Å². The average Bonchev–Trinajstić information content (AvgIpc) is 2.94. The first-order chi connectivity index (χ1) is 9.45. The molecule has 112 valence electrons. The highest BCUT2D eigenvalue weighted by Gasteiger charge is 2.27. The molecule has 0 aliphatic carbocycles. The fourth-order valence-corrected chi connectivity index (χ4v) is 2.84. The second-order valence-corrected chi connectivity index (χ2v) is 5.63. The lowest BCUT2D eigenvalue weighted by Crippen LogP contribution is -2.40. The molecule has 0 aromatic carbocycles. The van der Waals surface area contributed by atoms with Gasteiger partial charge in [0.1, 0.15) is 5.69 Å². The molecule has 1 amide bonds. The number of rotatable bonds is 4. The molecule has 6 heteroatoms. The van der Waals surface area contributed by atoms with Crippen LogP contribution in [0.4, 0.5) is 5.69 Å². The monoisotopic (exact) mass is 279 g/mol. The van der Waals surface area contributed by atoms with Crippen LogP contribution in [0.2, 0.25) is 0 Å². The van der Waals surface area contributed by atoms with Crippen LogP contribution in [0.5, 0.6) is 0 Å². The van der Waals surface area contributed by atoms with Gasteiger partial charge in [0, 0.05) is 26.2 Å². The van der Waals surface area contributed by atoms with Gasteiger partial charge >= 0.3 is 0 Å². The van der Waals surface area contributed by atoms with E-state index in [9.17, 15) is 4.79 Å². The first kappa shape index (κ1) is 14.8. The maximum atomic E-state index is 12.6. The number of aryl methyl sites for hydroxylation is 2. The van der Waals surface area contributed by atoms with Crippen LogP contribution in [0, 0.1) is 6.92 Å². The minimum atomic E-state index is -0.0368. The minimum absolute atomic E-state index is 0.0368. The largest absolute Gasteiger partial charge is 0.395 e. The van der Waals surface area contributed by atoms with Crippen molar-refractivity contribution in [3.05, 3.63) is 11.4 Å². The van der Waals surface area contributed by atoms with Gasteiger partial charge in [-0.3, -0.25) is 9.48 Å². The first-order valence-corrected chi connectivity index (χ1v) is 7.24. The molecule has 2 heterocycles. The Kier molecular flexibility index (Phi) is 4.32. The Labute approximate surface area is 120 Å². The second kappa shape index (κ2) is 5.83. The lowest BCUT2D eigenvalue weighted by Gasteiger charge is -2.26. The molecule has 1 atom stereocenters. The summed E-state index contributed by atoms with van der Waals surface area (Å²) in [4.78, 5) is 16.7. The van der Waals surface area contributed by atoms with Crippen LogP contribution in [-0.4, -0.2) is 58.7 Å². The molecule has 1 aliphatic heterocycles. The number of anilines is 1. The highest BCUT2D eigenvalue weighted by atomic mass is 16.2. The Hall–Kier alpha value is -1.56. The van der Waals surface area contributed by atoms with Gasteiger partial charge in [-0.05, 0) is 40.3 Å². The van der Waals surface area contributed by atoms with Gasteiger partial charge in [0.05, 0.1) is 11.4 Å². The number of amides is 1. The van der Waals surface area contributed by atoms with Crippen molar-refractivity contribution in [1.29, 1.82) is 0 Å². The molecular weight excluding hydrogens is 254 g/mol. The second-order valence-electron chi connectivity index (χ2n) is 5.63. The van der Waals surface area contributed by atoms with E-state index >= 15 is 0 Å². The normalized spacial score (nSPS) is 19.5. The molecule has 0 radical (unpaired) electrons. The number of nitrogen functional groups attached to an aromatic ring is 1. The summed E-state index contributed by atoms with van der Waals surface area (Å²) in [6.07, 6.45) is 2.35. The lowest BCUT2D eigenvalue weighted by molar-refractivity contribution is 0.0750. The van der Waals surface area contributed by atoms with Gasteiger partial charge in [-0.2, -0.15) is 5.10 Å². The zero-order chi connectivity index (χ0) is 14.9. The molecule has 0 saturated carbocycles. The lowest BCUT2D eigenvalue weighted by atomic mass is 10.2. The van der Waals surface area contributed by atoms with Crippen molar-refractivity contribution in [2.75, 3.05) is 32.9 Å². The molecule has 0 bridgehead atoms. The summed E-state index contributed by atoms with van der Waals surface area (Å²) in [5.41, 5.74) is 7.76. The maximum absolute atomic E-state index is 12.6. The van der Waals surface area contributed by atoms with Gasteiger partial charge in [-0.25, -0.2) is 0 Å². The summed E-state index contributed by atoms with van der Waals surface area (Å²) in [5, 5.41) is 4.31. The molecule has 1 fully saturated rings. The van der Waals surface area contributed by atoms with Crippen molar-refractivity contribution in [2.24, 2.45) is 0 Å². The SMILES string of the molecule is CCn1nc(C)c(N)c1C(=O)N(C)CC1CCCN1C. The van der Waals surface area contributed by atoms with E-state index in [2.05, 4.69) is 17.0 Å². The van der Waals surface area contributed by atoms with Crippen molar-refractivity contribution in [3.8, 4) is 0 Å². The van der Waals surface area contributed by atoms with Gasteiger partial charge in [-0.1, -0.05) is 0 Å². The smallest absolute Gasteiger partial charge is 0.274 e. The number of hydrogen-bond acceptors (Lipinski definition) is 4. The van der Waals surface area contributed by atoms with Crippen molar-refractivity contribution in [2.45, 2.75) is 39.3 Å². The molecule has 6 nitrogen and oxygen atoms in total. The van der Waals surface area contributed by atoms with Crippen LogP contribution >= 0.6 is 0 Å². The molecule has 2 N–H and O–H groups in total. The third-order valence-corrected chi connectivity index (χ3v) is 4.18. The van der Waals surface area contributed by atoms with Crippen molar-refractivity contribution in [3.63, 3.8) is 0 Å². The van der Waals surface area contributed by atoms with Crippen LogP contribution in [-0.2, 0) is 6.54 Å². The molecule has 2 rings (SSSR count). The number of hydrogen-bond donors (Lipinski definition) is 1. The zero-order valence-corrected chi connectivity index (χ0v) is 12.9. The van der Waals surface area contributed by atoms with E-state index in [1.807, 2.05) is 20.9 Å². The number of carbonyl (C=O) groups is 1. The third-order valence-electron chi connectivity index (χ3n) is 4.18. The van der Waals surface area contributed by atoms with E-state index in [0.29, 0.717) is 24.0 Å². The predicted octanol–water partition coefficient (Wildman–Crippen LogP) is 0.960. The van der Waals surface area contributed by atoms with E-state index in [4.69, 9.17) is 5.73 Å². The minimum Gasteiger partial charge on any atom is -0.395 e. The highest BCUT2D eigenvalue weighted by Crippen LogP contribution is 2.20. The Bertz CT molecular complexity index is 496. The summed E-state index contributed by atoms with van der Waals surface area (Å²) >= 11 is 0. The highest BCUT2D eigenvalue weighted by molar-refractivity contribution is 5.97. The Morgan fingerprint density at radius 1 is 1.55 bits per heavy atom. The van der Waals surface area contributed by atoms with E-state index in [1.165, 1.54) is 6.42 Å². The fraction of sp³-hybridized carbons (Fsp3) is 0.714. The molecule has 1 saturated heterocycles. The van der Waals surface area contributed by atoms with Crippen LogP contribution in [0.25, 0.3) is 0 Å². The topological polar surface area (TPSA) is 67.4 Å². The number of aromatic nitrogens is 2. The van der Waals surface area contributed by atoms with Gasteiger partial charge in [0.15, 0.2) is 0 Å². The fourth-order valence-electron chi connectivity index (χ4n) is 2.84. The molecule has 1 aromatic rings. The standard InChI is InChI=1S/C14H25N5O/c1-5-19-13(12(15)10(2)16-19)14(20)18(4)9-11-7-6-8-17(11)3/h11H,5-9,15H2,1-4H3. The molecule has 1 unspecified atom stereocenters. The summed E-state index contributed by atoms with van der Waals surface area (Å²) in [6.45, 7) is 6.30. The Morgan fingerprint density at radius 3 is 2.80 bits per heavy atom. The van der Waals surface area contributed by atoms with Gasteiger partial charge < -0.3 is 15.5 Å². The number of likely N-dealkylation sites (N-methyl/N-ethyl adjacent to an activating group) is 2. The Morgan fingerprint density at radius 2 is 2.25 bits per heavy atom. The summed E-state index contributed by atoms with van der Waals surface area (Å²) in [7, 11) is 3.96. The molecule has 1 aliphatic rings. The van der Waals surface area contributed by atoms with Crippen molar-refractivity contribution >= 4 is 11.6 Å². The van der Waals surface area contributed by atoms with Gasteiger partial charge in [-0.15, -0.1) is 0 Å². The number of nitrogens with two attached hydrogens (primary N) is 1. The van der Waals surface area contributed by atoms with E-state index < -0.39 is 0 Å². The van der Waals surface area contributed by atoms with Gasteiger partial charge in [0.2, 0.25) is 0 Å². The van der Waals surface area contributed by atoms with E-state index in [1.54, 1.807) is 9.58 Å². The number of likely N-dealkylation sites (tertiary alicyclic amines) is 1. The average molecular weight is 279 g/mol. The Balaban J connectivity index is 2.14. The van der Waals surface area contributed by atoms with Crippen molar-refractivity contribution < 1.29 is 4.79 Å². The number of nitrogens with zero attached hydrogens (tertiary/aromatic N) is 4. The van der Waals surface area contributed by atoms with Crippen molar-refractivity contribution in [1.82, 2.24) is 19.6 Å². The van der Waals surface area contributed by atoms with Gasteiger partial charge in [0.25, 0.3) is 5.91 Å². The predicted molar refractivity (Wildman–Crippen MR) is 79.7 cm³/mol. The van der Waals surface area contributed by atoms with E-state index in [-0.39, 0.29) is 5.91 Å². The molecule has 0 spiro atoms. The third kappa shape index (κ3) is 2.65. The zero-order valence-electron chi connectivity index (χ0n) is 12.9. The van der Waals surface area contributed by atoms with Crippen LogP contribution in [0.3, 0.4) is 0 Å². The molecule has 20 heavy (non-hydrogen) atoms. The van der Waals surface area contributed by atoms with Crippen LogP contribution < -0.4 is 5.73 Å². The maximum Gasteiger partial charge on any atom is 0.274 e. The molecule has 1 aromatic heterocycles. The summed E-state index contributed by atoms with van der Waals surface area (Å²) in [5.74, 6) is -0.0368. The quantitative estimate of drug-likeness (QED) is 0.891. The summed E-state index contributed by atoms with van der Waals surface area (Å²) in [6, 6.07) is 0.448. The molecular formula is C14H25N5O. The summed E-state index contributed by atoms with van der Waals surface area (Å²) < 4.78 is 1.70. The van der Waals surface area contributed by atoms with E-state index in [0.717, 1.165) is 25.2 Å².